The first-order valence-corrected chi connectivity index (χ1v) is 12.1. The van der Waals surface area contributed by atoms with E-state index in [1.165, 1.54) is 12.8 Å². The molecule has 0 radical (unpaired) electrons. The number of allylic oxidation sites excluding steroid dienone is 2. The van der Waals surface area contributed by atoms with Crippen LogP contribution in [0.1, 0.15) is 58.4 Å². The van der Waals surface area contributed by atoms with Crippen LogP contribution in [0.3, 0.4) is 0 Å². The van der Waals surface area contributed by atoms with Crippen LogP contribution >= 0.6 is 15.9 Å². The summed E-state index contributed by atoms with van der Waals surface area (Å²) < 4.78 is 0.978. The van der Waals surface area contributed by atoms with E-state index >= 15 is 0 Å². The van der Waals surface area contributed by atoms with E-state index in [4.69, 9.17) is 4.99 Å². The summed E-state index contributed by atoms with van der Waals surface area (Å²) in [5.41, 5.74) is 3.55. The van der Waals surface area contributed by atoms with Crippen LogP contribution in [0.5, 0.6) is 0 Å². The maximum absolute atomic E-state index is 9.73. The largest absolute Gasteiger partial charge is 0.488 e. The Balaban J connectivity index is 1.68. The second kappa shape index (κ2) is 9.16. The Morgan fingerprint density at radius 1 is 1.19 bits per heavy atom. The van der Waals surface area contributed by atoms with Gasteiger partial charge in [0.1, 0.15) is 0 Å². The third kappa shape index (κ3) is 5.47. The number of hydrogen-bond acceptors (Lipinski definition) is 6. The number of halogens is 1. The van der Waals surface area contributed by atoms with Crippen molar-refractivity contribution in [3.8, 4) is 0 Å². The molecular formula is C23H32BBrN4O2. The molecule has 1 saturated carbocycles. The SMILES string of the molecule is CC(C)(C)CN1N=NC2=C(Br)C(=NCc3ccccc3B(O)O)C(C3CC3)CC1CC2. The van der Waals surface area contributed by atoms with Gasteiger partial charge in [-0.3, -0.25) is 10.0 Å². The maximum Gasteiger partial charge on any atom is 0.488 e. The van der Waals surface area contributed by atoms with Crippen LogP contribution in [0.25, 0.3) is 0 Å². The highest BCUT2D eigenvalue weighted by Crippen LogP contribution is 2.46. The molecule has 0 saturated heterocycles. The van der Waals surface area contributed by atoms with E-state index in [2.05, 4.69) is 52.0 Å². The van der Waals surface area contributed by atoms with Gasteiger partial charge >= 0.3 is 7.12 Å². The van der Waals surface area contributed by atoms with Crippen molar-refractivity contribution in [2.45, 2.75) is 65.5 Å². The Labute approximate surface area is 193 Å². The van der Waals surface area contributed by atoms with E-state index in [0.717, 1.165) is 47.3 Å². The molecule has 2 bridgehead atoms. The van der Waals surface area contributed by atoms with Crippen LogP contribution < -0.4 is 5.46 Å². The van der Waals surface area contributed by atoms with Crippen LogP contribution in [0.2, 0.25) is 0 Å². The van der Waals surface area contributed by atoms with E-state index in [1.54, 1.807) is 6.07 Å². The van der Waals surface area contributed by atoms with Crippen molar-refractivity contribution in [3.63, 3.8) is 0 Å². The van der Waals surface area contributed by atoms with Crippen molar-refractivity contribution in [3.05, 3.63) is 40.0 Å². The molecule has 4 rings (SSSR count). The predicted molar refractivity (Wildman–Crippen MR) is 128 cm³/mol. The van der Waals surface area contributed by atoms with Gasteiger partial charge in [0.15, 0.2) is 0 Å². The first-order chi connectivity index (χ1) is 14.7. The third-order valence-electron chi connectivity index (χ3n) is 6.35. The van der Waals surface area contributed by atoms with Crippen LogP contribution in [0.4, 0.5) is 0 Å². The van der Waals surface area contributed by atoms with Gasteiger partial charge in [0.05, 0.1) is 22.4 Å². The fraction of sp³-hybridized carbons (Fsp3) is 0.609. The average Bonchev–Trinajstić information content (AvgIpc) is 3.54. The molecule has 1 aromatic rings. The summed E-state index contributed by atoms with van der Waals surface area (Å²) in [5, 5.41) is 31.0. The van der Waals surface area contributed by atoms with E-state index < -0.39 is 7.12 Å². The summed E-state index contributed by atoms with van der Waals surface area (Å²) in [6, 6.07) is 7.76. The molecule has 0 amide bonds. The molecule has 2 atom stereocenters. The van der Waals surface area contributed by atoms with Gasteiger partial charge in [-0.2, -0.15) is 0 Å². The van der Waals surface area contributed by atoms with Crippen molar-refractivity contribution in [2.75, 3.05) is 6.54 Å². The van der Waals surface area contributed by atoms with Crippen molar-refractivity contribution < 1.29 is 10.0 Å². The van der Waals surface area contributed by atoms with Gasteiger partial charge < -0.3 is 10.0 Å². The lowest BCUT2D eigenvalue weighted by Gasteiger charge is -2.35. The van der Waals surface area contributed by atoms with Crippen LogP contribution in [-0.2, 0) is 6.54 Å². The minimum atomic E-state index is -1.49. The molecule has 1 aromatic carbocycles. The number of aliphatic imine (C=N–C) groups is 1. The highest BCUT2D eigenvalue weighted by atomic mass is 79.9. The summed E-state index contributed by atoms with van der Waals surface area (Å²) in [6.07, 6.45) is 5.46. The third-order valence-corrected chi connectivity index (χ3v) is 7.22. The molecule has 1 aliphatic heterocycles. The maximum atomic E-state index is 9.73. The number of nitrogens with zero attached hydrogens (tertiary/aromatic N) is 4. The molecule has 0 aromatic heterocycles. The lowest BCUT2D eigenvalue weighted by Crippen LogP contribution is -2.39. The standard InChI is InChI=1S/C23H32BBrN4O2/c1-23(2,3)14-29-17-10-11-20(27-28-29)21(25)22(18(12-17)15-8-9-15)26-13-16-6-4-5-7-19(16)24(30)31/h4-7,15,17-18,30-31H,8-14H2,1-3H3. The van der Waals surface area contributed by atoms with Gasteiger partial charge in [0.2, 0.25) is 0 Å². The zero-order valence-electron chi connectivity index (χ0n) is 18.6. The second-order valence-corrected chi connectivity index (χ2v) is 11.0. The molecule has 3 aliphatic rings. The highest BCUT2D eigenvalue weighted by Gasteiger charge is 2.41. The Kier molecular flexibility index (Phi) is 6.70. The van der Waals surface area contributed by atoms with Gasteiger partial charge in [-0.1, -0.05) is 50.3 Å². The summed E-state index contributed by atoms with van der Waals surface area (Å²) in [7, 11) is -1.49. The highest BCUT2D eigenvalue weighted by molar-refractivity contribution is 9.12. The summed E-state index contributed by atoms with van der Waals surface area (Å²) in [6.45, 7) is 8.04. The Morgan fingerprint density at radius 2 is 1.94 bits per heavy atom. The summed E-state index contributed by atoms with van der Waals surface area (Å²) >= 11 is 3.84. The Morgan fingerprint density at radius 3 is 2.61 bits per heavy atom. The van der Waals surface area contributed by atoms with Crippen LogP contribution in [-0.4, -0.2) is 40.5 Å². The number of rotatable bonds is 5. The first-order valence-electron chi connectivity index (χ1n) is 11.3. The molecule has 2 aliphatic carbocycles. The van der Waals surface area contributed by atoms with Crippen molar-refractivity contribution in [1.82, 2.24) is 5.01 Å². The fourth-order valence-electron chi connectivity index (χ4n) is 4.64. The second-order valence-electron chi connectivity index (χ2n) is 10.3. The minimum Gasteiger partial charge on any atom is -0.423 e. The monoisotopic (exact) mass is 486 g/mol. The van der Waals surface area contributed by atoms with E-state index in [1.807, 2.05) is 18.2 Å². The molecule has 166 valence electrons. The lowest BCUT2D eigenvalue weighted by atomic mass is 9.77. The van der Waals surface area contributed by atoms with Crippen molar-refractivity contribution in [2.24, 2.45) is 32.6 Å². The lowest BCUT2D eigenvalue weighted by molar-refractivity contribution is 0.117. The molecule has 1 fully saturated rings. The van der Waals surface area contributed by atoms with Gasteiger partial charge in [-0.25, -0.2) is 0 Å². The van der Waals surface area contributed by atoms with E-state index in [-0.39, 0.29) is 5.41 Å². The normalized spacial score (nSPS) is 25.6. The van der Waals surface area contributed by atoms with Gasteiger partial charge in [0, 0.05) is 18.5 Å². The van der Waals surface area contributed by atoms with Gasteiger partial charge in [0.25, 0.3) is 0 Å². The zero-order valence-corrected chi connectivity index (χ0v) is 20.2. The quantitative estimate of drug-likeness (QED) is 0.611. The van der Waals surface area contributed by atoms with Crippen molar-refractivity contribution >= 4 is 34.2 Å². The summed E-state index contributed by atoms with van der Waals surface area (Å²) in [5.74, 6) is 1.02. The topological polar surface area (TPSA) is 80.8 Å². The molecule has 2 unspecified atom stereocenters. The molecule has 1 heterocycles. The Bertz CT molecular complexity index is 905. The smallest absolute Gasteiger partial charge is 0.423 e. The van der Waals surface area contributed by atoms with E-state index in [0.29, 0.717) is 29.9 Å². The molecule has 0 spiro atoms. The van der Waals surface area contributed by atoms with Crippen molar-refractivity contribution in [1.29, 1.82) is 0 Å². The Hall–Kier alpha value is -1.51. The molecule has 2 N–H and O–H groups in total. The number of fused-ring (bicyclic) bond motifs is 3. The van der Waals surface area contributed by atoms with E-state index in [9.17, 15) is 10.0 Å². The molecule has 8 heteroatoms. The van der Waals surface area contributed by atoms with Gasteiger partial charge in [-0.05, 0) is 70.4 Å². The fourth-order valence-corrected chi connectivity index (χ4v) is 5.34. The number of hydrogen-bond donors (Lipinski definition) is 2. The first kappa shape index (κ1) is 22.7. The number of benzene rings is 1. The molecular weight excluding hydrogens is 455 g/mol. The van der Waals surface area contributed by atoms with Gasteiger partial charge in [-0.15, -0.1) is 5.11 Å². The van der Waals surface area contributed by atoms with Crippen LogP contribution in [0, 0.1) is 17.3 Å². The molecule has 31 heavy (non-hydrogen) atoms. The predicted octanol–water partition coefficient (Wildman–Crippen LogP) is 4.22. The zero-order chi connectivity index (χ0) is 22.2. The molecule has 6 nitrogen and oxygen atoms in total. The minimum absolute atomic E-state index is 0.150. The summed E-state index contributed by atoms with van der Waals surface area (Å²) in [4.78, 5) is 5.05. The average molecular weight is 487 g/mol. The van der Waals surface area contributed by atoms with Crippen LogP contribution in [0.15, 0.2) is 49.8 Å².